The van der Waals surface area contributed by atoms with Crippen molar-refractivity contribution in [2.45, 2.75) is 6.54 Å². The molecule has 3 aromatic rings. The number of H-pyrrole nitrogens is 1. The molecule has 0 spiro atoms. The minimum Gasteiger partial charge on any atom is -0.378 e. The molecular weight excluding hydrogens is 438 g/mol. The number of nitrogens with one attached hydrogen (secondary N) is 2. The predicted octanol–water partition coefficient (Wildman–Crippen LogP) is 1.00. The van der Waals surface area contributed by atoms with Gasteiger partial charge in [-0.3, -0.25) is 19.5 Å². The van der Waals surface area contributed by atoms with Gasteiger partial charge in [0.05, 0.1) is 48.6 Å². The Morgan fingerprint density at radius 1 is 0.882 bits per heavy atom. The number of hydrogen-bond acceptors (Lipinski definition) is 7. The van der Waals surface area contributed by atoms with Crippen molar-refractivity contribution in [1.82, 2.24) is 9.78 Å². The van der Waals surface area contributed by atoms with Gasteiger partial charge in [-0.2, -0.15) is 0 Å². The molecule has 0 saturated carbocycles. The molecule has 178 valence electrons. The molecule has 10 heteroatoms. The summed E-state index contributed by atoms with van der Waals surface area (Å²) in [5.74, 6) is -0.401. The topological polar surface area (TPSA) is 109 Å². The zero-order valence-electron chi connectivity index (χ0n) is 18.8. The maximum Gasteiger partial charge on any atom is 0.273 e. The Bertz CT molecular complexity index is 1310. The number of carbonyl (C=O) groups is 1. The molecule has 1 aromatic heterocycles. The van der Waals surface area contributed by atoms with Crippen LogP contribution in [0.25, 0.3) is 10.8 Å². The number of nitrogens with zero attached hydrogens (tertiary/aromatic N) is 3. The van der Waals surface area contributed by atoms with Gasteiger partial charge in [-0.15, -0.1) is 0 Å². The first-order valence-electron chi connectivity index (χ1n) is 11.4. The Kier molecular flexibility index (Phi) is 6.33. The van der Waals surface area contributed by atoms with Gasteiger partial charge in [0.25, 0.3) is 11.1 Å². The maximum atomic E-state index is 12.9. The summed E-state index contributed by atoms with van der Waals surface area (Å²) < 4.78 is 12.0. The minimum atomic E-state index is -0.415. The SMILES string of the molecule is O=C(Cn1[nH]c(=O)c2ccccc2c1=O)Nc1ccc(N2CCOCC2)cc1N1CCOCC1. The van der Waals surface area contributed by atoms with Gasteiger partial charge in [-0.05, 0) is 30.3 Å². The molecule has 0 atom stereocenters. The Morgan fingerprint density at radius 3 is 2.24 bits per heavy atom. The predicted molar refractivity (Wildman–Crippen MR) is 130 cm³/mol. The average molecular weight is 466 g/mol. The molecular formula is C24H27N5O5. The van der Waals surface area contributed by atoms with Crippen molar-refractivity contribution in [2.24, 2.45) is 0 Å². The molecule has 1 amide bonds. The smallest absolute Gasteiger partial charge is 0.273 e. The fraction of sp³-hybridized carbons (Fsp3) is 0.375. The quantitative estimate of drug-likeness (QED) is 0.579. The molecule has 2 N–H and O–H groups in total. The second-order valence-corrected chi connectivity index (χ2v) is 8.33. The van der Waals surface area contributed by atoms with Gasteiger partial charge in [0, 0.05) is 31.9 Å². The van der Waals surface area contributed by atoms with E-state index in [1.54, 1.807) is 24.3 Å². The lowest BCUT2D eigenvalue weighted by molar-refractivity contribution is -0.117. The van der Waals surface area contributed by atoms with Crippen molar-refractivity contribution < 1.29 is 14.3 Å². The Hall–Kier alpha value is -3.63. The highest BCUT2D eigenvalue weighted by molar-refractivity contribution is 5.95. The van der Waals surface area contributed by atoms with Crippen LogP contribution in [-0.4, -0.2) is 68.3 Å². The van der Waals surface area contributed by atoms with Crippen LogP contribution >= 0.6 is 0 Å². The molecule has 0 unspecified atom stereocenters. The first-order chi connectivity index (χ1) is 16.6. The normalized spacial score (nSPS) is 16.6. The Balaban J connectivity index is 1.41. The highest BCUT2D eigenvalue weighted by Crippen LogP contribution is 2.32. The first kappa shape index (κ1) is 22.2. The average Bonchev–Trinajstić information content (AvgIpc) is 2.88. The van der Waals surface area contributed by atoms with E-state index < -0.39 is 17.0 Å². The number of aromatic nitrogens is 2. The van der Waals surface area contributed by atoms with E-state index in [1.807, 2.05) is 12.1 Å². The zero-order valence-corrected chi connectivity index (χ0v) is 18.8. The monoisotopic (exact) mass is 465 g/mol. The Labute approximate surface area is 195 Å². The molecule has 10 nitrogen and oxygen atoms in total. The number of hydrogen-bond donors (Lipinski definition) is 2. The lowest BCUT2D eigenvalue weighted by Crippen LogP contribution is -2.38. The van der Waals surface area contributed by atoms with Crippen LogP contribution in [0.4, 0.5) is 17.1 Å². The second-order valence-electron chi connectivity index (χ2n) is 8.33. The van der Waals surface area contributed by atoms with Crippen molar-refractivity contribution >= 4 is 33.7 Å². The molecule has 2 aromatic carbocycles. The van der Waals surface area contributed by atoms with Gasteiger partial charge >= 0.3 is 0 Å². The summed E-state index contributed by atoms with van der Waals surface area (Å²) in [5.41, 5.74) is 1.80. The number of aromatic amines is 1. The number of anilines is 3. The van der Waals surface area contributed by atoms with Crippen molar-refractivity contribution in [3.8, 4) is 0 Å². The molecule has 2 saturated heterocycles. The van der Waals surface area contributed by atoms with E-state index in [0.29, 0.717) is 50.6 Å². The van der Waals surface area contributed by atoms with Crippen LogP contribution in [0.15, 0.2) is 52.1 Å². The lowest BCUT2D eigenvalue weighted by Gasteiger charge is -2.33. The summed E-state index contributed by atoms with van der Waals surface area (Å²) in [4.78, 5) is 42.5. The number of rotatable bonds is 5. The fourth-order valence-corrected chi connectivity index (χ4v) is 4.40. The van der Waals surface area contributed by atoms with Crippen molar-refractivity contribution in [3.05, 3.63) is 63.2 Å². The van der Waals surface area contributed by atoms with Crippen LogP contribution in [0.3, 0.4) is 0 Å². The highest BCUT2D eigenvalue weighted by atomic mass is 16.5. The molecule has 0 bridgehead atoms. The van der Waals surface area contributed by atoms with E-state index in [2.05, 4.69) is 26.3 Å². The van der Waals surface area contributed by atoms with Gasteiger partial charge in [-0.1, -0.05) is 12.1 Å². The molecule has 2 aliphatic heterocycles. The van der Waals surface area contributed by atoms with Gasteiger partial charge in [0.15, 0.2) is 0 Å². The summed E-state index contributed by atoms with van der Waals surface area (Å²) in [5, 5.41) is 6.03. The van der Waals surface area contributed by atoms with Gasteiger partial charge in [0.1, 0.15) is 6.54 Å². The number of carbonyl (C=O) groups excluding carboxylic acids is 1. The van der Waals surface area contributed by atoms with E-state index >= 15 is 0 Å². The van der Waals surface area contributed by atoms with Gasteiger partial charge < -0.3 is 24.6 Å². The van der Waals surface area contributed by atoms with Crippen LogP contribution in [0.5, 0.6) is 0 Å². The van der Waals surface area contributed by atoms with Crippen molar-refractivity contribution in [3.63, 3.8) is 0 Å². The second kappa shape index (κ2) is 9.70. The van der Waals surface area contributed by atoms with E-state index in [4.69, 9.17) is 9.47 Å². The molecule has 0 aliphatic carbocycles. The number of ether oxygens (including phenoxy) is 2. The van der Waals surface area contributed by atoms with Crippen molar-refractivity contribution in [2.75, 3.05) is 67.7 Å². The van der Waals surface area contributed by atoms with Crippen LogP contribution in [0.1, 0.15) is 0 Å². The third kappa shape index (κ3) is 4.55. The number of morpholine rings is 2. The molecule has 2 aliphatic rings. The summed E-state index contributed by atoms with van der Waals surface area (Å²) in [6.45, 7) is 5.35. The Morgan fingerprint density at radius 2 is 1.53 bits per heavy atom. The summed E-state index contributed by atoms with van der Waals surface area (Å²) in [6.07, 6.45) is 0. The number of amides is 1. The standard InChI is InChI=1S/C24H27N5O5/c30-22(16-29-24(32)19-4-2-1-3-18(19)23(31)26-29)25-20-6-5-17(27-7-11-33-12-8-27)15-21(20)28-9-13-34-14-10-28/h1-6,15H,7-14,16H2,(H,25,30)(H,26,31). The van der Waals surface area contributed by atoms with Crippen molar-refractivity contribution in [1.29, 1.82) is 0 Å². The maximum absolute atomic E-state index is 12.9. The van der Waals surface area contributed by atoms with Crippen LogP contribution in [0.2, 0.25) is 0 Å². The van der Waals surface area contributed by atoms with Gasteiger partial charge in [-0.25, -0.2) is 4.68 Å². The highest BCUT2D eigenvalue weighted by Gasteiger charge is 2.20. The minimum absolute atomic E-state index is 0.280. The van der Waals surface area contributed by atoms with E-state index in [1.165, 1.54) is 0 Å². The summed E-state index contributed by atoms with van der Waals surface area (Å²) in [6, 6.07) is 12.5. The van der Waals surface area contributed by atoms with Crippen LogP contribution in [0, 0.1) is 0 Å². The molecule has 2 fully saturated rings. The van der Waals surface area contributed by atoms with Crippen LogP contribution < -0.4 is 26.2 Å². The fourth-order valence-electron chi connectivity index (χ4n) is 4.40. The number of benzene rings is 2. The largest absolute Gasteiger partial charge is 0.378 e. The first-order valence-corrected chi connectivity index (χ1v) is 11.4. The molecule has 0 radical (unpaired) electrons. The van der Waals surface area contributed by atoms with E-state index in [-0.39, 0.29) is 11.9 Å². The van der Waals surface area contributed by atoms with Crippen LogP contribution in [-0.2, 0) is 20.8 Å². The lowest BCUT2D eigenvalue weighted by atomic mass is 10.1. The zero-order chi connectivity index (χ0) is 23.5. The summed E-state index contributed by atoms with van der Waals surface area (Å²) in [7, 11) is 0. The third-order valence-corrected chi connectivity index (χ3v) is 6.17. The summed E-state index contributed by atoms with van der Waals surface area (Å²) >= 11 is 0. The van der Waals surface area contributed by atoms with Gasteiger partial charge in [0.2, 0.25) is 5.91 Å². The molecule has 34 heavy (non-hydrogen) atoms. The third-order valence-electron chi connectivity index (χ3n) is 6.17. The molecule has 5 rings (SSSR count). The number of fused-ring (bicyclic) bond motifs is 1. The molecule has 3 heterocycles. The van der Waals surface area contributed by atoms with E-state index in [9.17, 15) is 14.4 Å². The van der Waals surface area contributed by atoms with E-state index in [0.717, 1.165) is 29.1 Å².